The smallest absolute Gasteiger partial charge is 0.0674 e. The summed E-state index contributed by atoms with van der Waals surface area (Å²) in [4.78, 5) is 6.75. The molecular weight excluding hydrogens is 216 g/mol. The molecule has 1 aliphatic rings. The first-order valence-electron chi connectivity index (χ1n) is 5.96. The van der Waals surface area contributed by atoms with Gasteiger partial charge in [-0.05, 0) is 26.0 Å². The zero-order valence-electron chi connectivity index (χ0n) is 10.4. The van der Waals surface area contributed by atoms with E-state index in [9.17, 15) is 0 Å². The van der Waals surface area contributed by atoms with E-state index in [2.05, 4.69) is 29.2 Å². The van der Waals surface area contributed by atoms with Gasteiger partial charge in [-0.25, -0.2) is 0 Å². The fraction of sp³-hybridized carbons (Fsp3) is 0.583. The lowest BCUT2D eigenvalue weighted by molar-refractivity contribution is -0.0530. The summed E-state index contributed by atoms with van der Waals surface area (Å²) in [5, 5.41) is 0. The average Bonchev–Trinajstić information content (AvgIpc) is 2.34. The van der Waals surface area contributed by atoms with E-state index in [1.807, 2.05) is 12.1 Å². The van der Waals surface area contributed by atoms with Crippen LogP contribution in [-0.4, -0.2) is 35.2 Å². The van der Waals surface area contributed by atoms with Gasteiger partial charge in [0.25, 0.3) is 0 Å². The van der Waals surface area contributed by atoms with Gasteiger partial charge in [0.1, 0.15) is 0 Å². The van der Waals surface area contributed by atoms with Crippen molar-refractivity contribution in [2.24, 2.45) is 5.84 Å². The van der Waals surface area contributed by atoms with Crippen molar-refractivity contribution in [3.8, 4) is 0 Å². The molecule has 0 aromatic carbocycles. The number of hydrogen-bond donors (Lipinski definition) is 2. The van der Waals surface area contributed by atoms with Crippen molar-refractivity contribution in [3.63, 3.8) is 0 Å². The molecule has 94 valence electrons. The van der Waals surface area contributed by atoms with Crippen LogP contribution in [0.4, 0.5) is 5.69 Å². The molecule has 1 aromatic rings. The number of ether oxygens (including phenoxy) is 1. The molecule has 2 heterocycles. The molecule has 2 unspecified atom stereocenters. The average molecular weight is 236 g/mol. The summed E-state index contributed by atoms with van der Waals surface area (Å²) in [7, 11) is 0. The minimum absolute atomic E-state index is 0.294. The molecule has 1 aliphatic heterocycles. The van der Waals surface area contributed by atoms with Gasteiger partial charge in [0.05, 0.1) is 24.1 Å². The predicted molar refractivity (Wildman–Crippen MR) is 67.3 cm³/mol. The molecule has 0 bridgehead atoms. The van der Waals surface area contributed by atoms with Crippen molar-refractivity contribution in [2.75, 3.05) is 18.6 Å². The van der Waals surface area contributed by atoms with Gasteiger partial charge < -0.3 is 10.2 Å². The first-order valence-corrected chi connectivity index (χ1v) is 5.96. The van der Waals surface area contributed by atoms with Gasteiger partial charge in [-0.1, -0.05) is 0 Å². The van der Waals surface area contributed by atoms with Crippen LogP contribution in [0.2, 0.25) is 0 Å². The standard InChI is InChI=1S/C12H20N4O/c1-9-8-17-10(2)6-16(9)7-12-5-11(15-13)3-4-14-12/h3-5,9-10H,6-8,13H2,1-2H3,(H,14,15). The van der Waals surface area contributed by atoms with Crippen LogP contribution in [0.1, 0.15) is 19.5 Å². The summed E-state index contributed by atoms with van der Waals surface area (Å²) in [6.07, 6.45) is 2.07. The molecule has 0 spiro atoms. The zero-order chi connectivity index (χ0) is 12.3. The van der Waals surface area contributed by atoms with Gasteiger partial charge in [-0.2, -0.15) is 0 Å². The molecule has 5 heteroatoms. The molecule has 2 atom stereocenters. The second-order valence-electron chi connectivity index (χ2n) is 4.60. The molecule has 0 aliphatic carbocycles. The second kappa shape index (κ2) is 5.44. The van der Waals surface area contributed by atoms with E-state index in [1.165, 1.54) is 0 Å². The summed E-state index contributed by atoms with van der Waals surface area (Å²) in [5.41, 5.74) is 4.56. The number of nitrogens with zero attached hydrogens (tertiary/aromatic N) is 2. The Labute approximate surface area is 102 Å². The minimum atomic E-state index is 0.294. The van der Waals surface area contributed by atoms with Crippen LogP contribution in [0.25, 0.3) is 0 Å². The number of rotatable bonds is 3. The summed E-state index contributed by atoms with van der Waals surface area (Å²) in [6.45, 7) is 6.85. The Hall–Kier alpha value is -1.17. The molecule has 17 heavy (non-hydrogen) atoms. The van der Waals surface area contributed by atoms with Crippen molar-refractivity contribution in [2.45, 2.75) is 32.5 Å². The number of nitrogen functional groups attached to an aromatic ring is 1. The van der Waals surface area contributed by atoms with Crippen molar-refractivity contribution >= 4 is 5.69 Å². The summed E-state index contributed by atoms with van der Waals surface area (Å²) >= 11 is 0. The van der Waals surface area contributed by atoms with E-state index >= 15 is 0 Å². The molecule has 0 amide bonds. The van der Waals surface area contributed by atoms with Crippen molar-refractivity contribution in [1.82, 2.24) is 9.88 Å². The Bertz CT molecular complexity index is 371. The van der Waals surface area contributed by atoms with E-state index in [1.54, 1.807) is 6.20 Å². The maximum Gasteiger partial charge on any atom is 0.0674 e. The van der Waals surface area contributed by atoms with Crippen LogP contribution in [0.5, 0.6) is 0 Å². The Balaban J connectivity index is 2.03. The largest absolute Gasteiger partial charge is 0.376 e. The van der Waals surface area contributed by atoms with E-state index in [4.69, 9.17) is 10.6 Å². The minimum Gasteiger partial charge on any atom is -0.376 e. The van der Waals surface area contributed by atoms with Crippen LogP contribution < -0.4 is 11.3 Å². The van der Waals surface area contributed by atoms with E-state index in [-0.39, 0.29) is 0 Å². The molecule has 1 saturated heterocycles. The van der Waals surface area contributed by atoms with Gasteiger partial charge >= 0.3 is 0 Å². The number of nitrogens with one attached hydrogen (secondary N) is 1. The number of aromatic nitrogens is 1. The molecule has 2 rings (SSSR count). The van der Waals surface area contributed by atoms with E-state index < -0.39 is 0 Å². The fourth-order valence-electron chi connectivity index (χ4n) is 2.05. The maximum absolute atomic E-state index is 5.61. The van der Waals surface area contributed by atoms with Crippen LogP contribution >= 0.6 is 0 Å². The van der Waals surface area contributed by atoms with Gasteiger partial charge in [0, 0.05) is 25.3 Å². The van der Waals surface area contributed by atoms with Crippen molar-refractivity contribution < 1.29 is 4.74 Å². The second-order valence-corrected chi connectivity index (χ2v) is 4.60. The Morgan fingerprint density at radius 1 is 1.59 bits per heavy atom. The normalized spacial score (nSPS) is 25.8. The van der Waals surface area contributed by atoms with Crippen LogP contribution in [0.3, 0.4) is 0 Å². The number of hydrazine groups is 1. The SMILES string of the molecule is CC1CN(Cc2cc(NN)ccn2)C(C)CO1. The highest BCUT2D eigenvalue weighted by atomic mass is 16.5. The lowest BCUT2D eigenvalue weighted by Crippen LogP contribution is -2.46. The zero-order valence-corrected chi connectivity index (χ0v) is 10.4. The number of morpholine rings is 1. The van der Waals surface area contributed by atoms with Gasteiger partial charge in [0.15, 0.2) is 0 Å². The van der Waals surface area contributed by atoms with Crippen LogP contribution in [-0.2, 0) is 11.3 Å². The third kappa shape index (κ3) is 3.15. The highest BCUT2D eigenvalue weighted by molar-refractivity contribution is 5.41. The third-order valence-corrected chi connectivity index (χ3v) is 3.09. The van der Waals surface area contributed by atoms with Crippen molar-refractivity contribution in [3.05, 3.63) is 24.0 Å². The molecule has 0 radical (unpaired) electrons. The fourth-order valence-corrected chi connectivity index (χ4v) is 2.05. The number of pyridine rings is 1. The Morgan fingerprint density at radius 2 is 2.41 bits per heavy atom. The Kier molecular flexibility index (Phi) is 3.93. The van der Waals surface area contributed by atoms with E-state index in [0.717, 1.165) is 31.1 Å². The lowest BCUT2D eigenvalue weighted by Gasteiger charge is -2.36. The van der Waals surface area contributed by atoms with Gasteiger partial charge in [-0.3, -0.25) is 15.7 Å². The molecule has 1 fully saturated rings. The van der Waals surface area contributed by atoms with Gasteiger partial charge in [0.2, 0.25) is 0 Å². The van der Waals surface area contributed by atoms with Gasteiger partial charge in [-0.15, -0.1) is 0 Å². The maximum atomic E-state index is 5.61. The highest BCUT2D eigenvalue weighted by Crippen LogP contribution is 2.15. The van der Waals surface area contributed by atoms with Crippen LogP contribution in [0.15, 0.2) is 18.3 Å². The first kappa shape index (κ1) is 12.3. The topological polar surface area (TPSA) is 63.4 Å². The number of nitrogens with two attached hydrogens (primary N) is 1. The monoisotopic (exact) mass is 236 g/mol. The first-order chi connectivity index (χ1) is 8.19. The Morgan fingerprint density at radius 3 is 3.18 bits per heavy atom. The number of hydrogen-bond acceptors (Lipinski definition) is 5. The predicted octanol–water partition coefficient (Wildman–Crippen LogP) is 0.976. The van der Waals surface area contributed by atoms with Crippen molar-refractivity contribution in [1.29, 1.82) is 0 Å². The summed E-state index contributed by atoms with van der Waals surface area (Å²) in [6, 6.07) is 4.27. The van der Waals surface area contributed by atoms with E-state index in [0.29, 0.717) is 12.1 Å². The molecule has 0 saturated carbocycles. The quantitative estimate of drug-likeness (QED) is 0.605. The summed E-state index contributed by atoms with van der Waals surface area (Å²) < 4.78 is 5.61. The lowest BCUT2D eigenvalue weighted by atomic mass is 10.2. The summed E-state index contributed by atoms with van der Waals surface area (Å²) in [5.74, 6) is 5.39. The molecular formula is C12H20N4O. The molecule has 5 nitrogen and oxygen atoms in total. The third-order valence-electron chi connectivity index (χ3n) is 3.09. The van der Waals surface area contributed by atoms with Crippen LogP contribution in [0, 0.1) is 0 Å². The highest BCUT2D eigenvalue weighted by Gasteiger charge is 2.23. The molecule has 1 aromatic heterocycles. The molecule has 3 N–H and O–H groups in total. The number of anilines is 1.